The Kier molecular flexibility index (Phi) is 9.89. The molecule has 10 heteroatoms. The van der Waals surface area contributed by atoms with E-state index >= 15 is 0 Å². The third kappa shape index (κ3) is 6.85. The molecule has 0 aliphatic carbocycles. The topological polar surface area (TPSA) is 73.7 Å². The first-order valence-electron chi connectivity index (χ1n) is 11.7. The summed E-state index contributed by atoms with van der Waals surface area (Å²) >= 11 is 9.45. The lowest BCUT2D eigenvalue weighted by atomic mass is 10.2. The van der Waals surface area contributed by atoms with Gasteiger partial charge >= 0.3 is 12.0 Å². The average Bonchev–Trinajstić information content (AvgIpc) is 3.14. The van der Waals surface area contributed by atoms with E-state index in [9.17, 15) is 14.0 Å². The molecular formula is C26H28BrClFN3O4. The highest BCUT2D eigenvalue weighted by molar-refractivity contribution is 9.10. The van der Waals surface area contributed by atoms with Gasteiger partial charge in [0.2, 0.25) is 0 Å². The highest BCUT2D eigenvalue weighted by atomic mass is 79.9. The van der Waals surface area contributed by atoms with Gasteiger partial charge in [-0.2, -0.15) is 4.98 Å². The van der Waals surface area contributed by atoms with Gasteiger partial charge in [0.15, 0.2) is 0 Å². The zero-order valence-electron chi connectivity index (χ0n) is 20.3. The van der Waals surface area contributed by atoms with Crippen LogP contribution in [-0.4, -0.2) is 45.5 Å². The van der Waals surface area contributed by atoms with Crippen LogP contribution in [0.1, 0.15) is 49.7 Å². The Morgan fingerprint density at radius 3 is 2.56 bits per heavy atom. The van der Waals surface area contributed by atoms with Crippen LogP contribution in [0.3, 0.4) is 0 Å². The molecule has 0 bridgehead atoms. The second kappa shape index (κ2) is 12.9. The first kappa shape index (κ1) is 27.7. The van der Waals surface area contributed by atoms with Crippen molar-refractivity contribution in [1.29, 1.82) is 0 Å². The molecule has 2 aromatic carbocycles. The molecule has 0 fully saturated rings. The molecule has 3 rings (SSSR count). The fraction of sp³-hybridized carbons (Fsp3) is 0.346. The number of carbonyl (C=O) groups excluding carboxylic acids is 2. The van der Waals surface area contributed by atoms with Crippen molar-refractivity contribution in [1.82, 2.24) is 14.5 Å². The SMILES string of the molecule is CCCCN(C(=O)c1c(Br)nc(Oc2cccc(F)c2)n1Cc1ccc(Cl)cc1)C(C)C(=O)OCC. The third-order valence-corrected chi connectivity index (χ3v) is 6.27. The molecule has 0 saturated carbocycles. The lowest BCUT2D eigenvalue weighted by Gasteiger charge is -2.28. The van der Waals surface area contributed by atoms with Gasteiger partial charge in [-0.15, -0.1) is 0 Å². The van der Waals surface area contributed by atoms with Crippen LogP contribution in [0.5, 0.6) is 11.8 Å². The fourth-order valence-corrected chi connectivity index (χ4v) is 4.23. The van der Waals surface area contributed by atoms with Gasteiger partial charge in [-0.05, 0) is 66.0 Å². The maximum absolute atomic E-state index is 13.9. The molecule has 1 atom stereocenters. The van der Waals surface area contributed by atoms with Crippen LogP contribution in [0.15, 0.2) is 53.1 Å². The van der Waals surface area contributed by atoms with E-state index in [-0.39, 0.29) is 35.2 Å². The molecule has 1 aromatic heterocycles. The minimum atomic E-state index is -0.803. The van der Waals surface area contributed by atoms with E-state index in [2.05, 4.69) is 20.9 Å². The smallest absolute Gasteiger partial charge is 0.328 e. The number of nitrogens with zero attached hydrogens (tertiary/aromatic N) is 3. The second-order valence-corrected chi connectivity index (χ2v) is 9.27. The van der Waals surface area contributed by atoms with E-state index in [0.717, 1.165) is 12.0 Å². The summed E-state index contributed by atoms with van der Waals surface area (Å²) in [6.45, 7) is 6.15. The highest BCUT2D eigenvalue weighted by Gasteiger charge is 2.33. The molecule has 1 unspecified atom stereocenters. The van der Waals surface area contributed by atoms with Gasteiger partial charge in [0.25, 0.3) is 5.91 Å². The van der Waals surface area contributed by atoms with Crippen LogP contribution >= 0.6 is 27.5 Å². The van der Waals surface area contributed by atoms with Gasteiger partial charge in [-0.25, -0.2) is 9.18 Å². The normalized spacial score (nSPS) is 11.7. The predicted molar refractivity (Wildman–Crippen MR) is 139 cm³/mol. The summed E-state index contributed by atoms with van der Waals surface area (Å²) in [6, 6.07) is 12.1. The molecule has 192 valence electrons. The zero-order valence-corrected chi connectivity index (χ0v) is 22.7. The molecule has 0 spiro atoms. The Labute approximate surface area is 223 Å². The summed E-state index contributed by atoms with van der Waals surface area (Å²) < 4.78 is 26.7. The summed E-state index contributed by atoms with van der Waals surface area (Å²) in [5.74, 6) is -1.14. The van der Waals surface area contributed by atoms with Crippen molar-refractivity contribution in [3.8, 4) is 11.8 Å². The molecular weight excluding hydrogens is 553 g/mol. The Hall–Kier alpha value is -2.91. The molecule has 0 aliphatic rings. The minimum Gasteiger partial charge on any atom is -0.464 e. The van der Waals surface area contributed by atoms with Crippen molar-refractivity contribution in [3.05, 3.63) is 75.2 Å². The fourth-order valence-electron chi connectivity index (χ4n) is 3.57. The summed E-state index contributed by atoms with van der Waals surface area (Å²) in [6.07, 6.45) is 1.53. The van der Waals surface area contributed by atoms with Crippen molar-refractivity contribution in [2.45, 2.75) is 46.2 Å². The van der Waals surface area contributed by atoms with Crippen molar-refractivity contribution >= 4 is 39.4 Å². The predicted octanol–water partition coefficient (Wildman–Crippen LogP) is 6.47. The molecule has 0 saturated heterocycles. The molecule has 3 aromatic rings. The van der Waals surface area contributed by atoms with E-state index in [1.165, 1.54) is 23.1 Å². The number of ether oxygens (including phenoxy) is 2. The summed E-state index contributed by atoms with van der Waals surface area (Å²) in [4.78, 5) is 32.3. The van der Waals surface area contributed by atoms with Crippen LogP contribution in [0.4, 0.5) is 4.39 Å². The molecule has 1 heterocycles. The summed E-state index contributed by atoms with van der Waals surface area (Å²) in [5, 5.41) is 0.576. The number of hydrogen-bond acceptors (Lipinski definition) is 5. The lowest BCUT2D eigenvalue weighted by Crippen LogP contribution is -2.45. The highest BCUT2D eigenvalue weighted by Crippen LogP contribution is 2.30. The van der Waals surface area contributed by atoms with Crippen molar-refractivity contribution in [2.24, 2.45) is 0 Å². The van der Waals surface area contributed by atoms with E-state index in [1.54, 1.807) is 36.6 Å². The number of imidazole rings is 1. The molecule has 7 nitrogen and oxygen atoms in total. The first-order chi connectivity index (χ1) is 17.2. The largest absolute Gasteiger partial charge is 0.464 e. The minimum absolute atomic E-state index is 0.0880. The van der Waals surface area contributed by atoms with Gasteiger partial charge in [-0.1, -0.05) is 43.1 Å². The number of aromatic nitrogens is 2. The molecule has 0 N–H and O–H groups in total. The van der Waals surface area contributed by atoms with Crippen molar-refractivity contribution in [3.63, 3.8) is 0 Å². The number of benzene rings is 2. The number of rotatable bonds is 11. The van der Waals surface area contributed by atoms with Gasteiger partial charge in [0.1, 0.15) is 27.9 Å². The zero-order chi connectivity index (χ0) is 26.2. The van der Waals surface area contributed by atoms with Crippen LogP contribution in [0.2, 0.25) is 5.02 Å². The maximum atomic E-state index is 13.9. The Bertz CT molecular complexity index is 1200. The maximum Gasteiger partial charge on any atom is 0.328 e. The number of hydrogen-bond donors (Lipinski definition) is 0. The number of unbranched alkanes of at least 4 members (excludes halogenated alkanes) is 1. The van der Waals surface area contributed by atoms with Crippen LogP contribution < -0.4 is 4.74 Å². The Balaban J connectivity index is 2.07. The molecule has 36 heavy (non-hydrogen) atoms. The number of esters is 1. The van der Waals surface area contributed by atoms with Gasteiger partial charge < -0.3 is 14.4 Å². The summed E-state index contributed by atoms with van der Waals surface area (Å²) in [5.41, 5.74) is 1.03. The number of halogens is 3. The standard InChI is InChI=1S/C26H28BrClFN3O4/c1-4-6-14-31(17(3)25(34)35-5-2)24(33)22-23(27)30-26(36-21-9-7-8-20(29)15-21)32(22)16-18-10-12-19(28)13-11-18/h7-13,15,17H,4-6,14,16H2,1-3H3. The van der Waals surface area contributed by atoms with Gasteiger partial charge in [-0.3, -0.25) is 9.36 Å². The van der Waals surface area contributed by atoms with Crippen LogP contribution in [-0.2, 0) is 16.1 Å². The molecule has 0 radical (unpaired) electrons. The van der Waals surface area contributed by atoms with Gasteiger partial charge in [0.05, 0.1) is 13.2 Å². The van der Waals surface area contributed by atoms with Crippen LogP contribution in [0, 0.1) is 5.82 Å². The number of amides is 1. The van der Waals surface area contributed by atoms with Crippen LogP contribution in [0.25, 0.3) is 0 Å². The van der Waals surface area contributed by atoms with E-state index in [1.807, 2.05) is 19.1 Å². The van der Waals surface area contributed by atoms with Crippen molar-refractivity contribution < 1.29 is 23.5 Å². The van der Waals surface area contributed by atoms with E-state index < -0.39 is 23.7 Å². The third-order valence-electron chi connectivity index (χ3n) is 5.46. The van der Waals surface area contributed by atoms with Gasteiger partial charge in [0, 0.05) is 17.6 Å². The van der Waals surface area contributed by atoms with E-state index in [0.29, 0.717) is 18.0 Å². The Morgan fingerprint density at radius 1 is 1.19 bits per heavy atom. The van der Waals surface area contributed by atoms with Crippen molar-refractivity contribution in [2.75, 3.05) is 13.2 Å². The molecule has 0 aliphatic heterocycles. The lowest BCUT2D eigenvalue weighted by molar-refractivity contribution is -0.148. The second-order valence-electron chi connectivity index (χ2n) is 8.09. The molecule has 1 amide bonds. The number of carbonyl (C=O) groups is 2. The first-order valence-corrected chi connectivity index (χ1v) is 12.8. The Morgan fingerprint density at radius 2 is 1.92 bits per heavy atom. The summed E-state index contributed by atoms with van der Waals surface area (Å²) in [7, 11) is 0. The average molecular weight is 581 g/mol. The van der Waals surface area contributed by atoms with E-state index in [4.69, 9.17) is 21.1 Å². The monoisotopic (exact) mass is 579 g/mol. The quantitative estimate of drug-likeness (QED) is 0.243.